The fraction of sp³-hybridized carbons (Fsp3) is 0.286. The van der Waals surface area contributed by atoms with Gasteiger partial charge in [-0.2, -0.15) is 0 Å². The molecule has 102 valence electrons. The van der Waals surface area contributed by atoms with Gasteiger partial charge in [0, 0.05) is 22.8 Å². The van der Waals surface area contributed by atoms with Crippen LogP contribution >= 0.6 is 0 Å². The van der Waals surface area contributed by atoms with Gasteiger partial charge in [0.2, 0.25) is 0 Å². The Balaban J connectivity index is 2.11. The van der Waals surface area contributed by atoms with E-state index in [0.29, 0.717) is 20.7 Å². The predicted molar refractivity (Wildman–Crippen MR) is 96.7 cm³/mol. The number of nitrogens with zero attached hydrogens (tertiary/aromatic N) is 2. The molecule has 0 spiro atoms. The van der Waals surface area contributed by atoms with Crippen LogP contribution in [-0.4, -0.2) is 52.3 Å². The Hall–Kier alpha value is -0.566. The van der Waals surface area contributed by atoms with Crippen LogP contribution in [0.3, 0.4) is 0 Å². The van der Waals surface area contributed by atoms with Crippen molar-refractivity contribution in [2.75, 3.05) is 25.0 Å². The Kier molecular flexibility index (Phi) is 5.89. The van der Waals surface area contributed by atoms with Crippen LogP contribution in [0, 0.1) is 0 Å². The van der Waals surface area contributed by atoms with Crippen LogP contribution in [0.25, 0.3) is 11.4 Å². The monoisotopic (exact) mass is 334 g/mol. The molecule has 0 aliphatic heterocycles. The third-order valence-electron chi connectivity index (χ3n) is 2.43. The van der Waals surface area contributed by atoms with E-state index >= 15 is 0 Å². The van der Waals surface area contributed by atoms with Crippen LogP contribution in [0.5, 0.6) is 0 Å². The molecule has 2 aromatic heterocycles. The molecule has 20 heavy (non-hydrogen) atoms. The highest BCUT2D eigenvalue weighted by Gasteiger charge is 2.13. The van der Waals surface area contributed by atoms with E-state index in [0.717, 1.165) is 28.7 Å². The molecule has 0 saturated heterocycles. The van der Waals surface area contributed by atoms with E-state index in [-0.39, 0.29) is 0 Å². The molecule has 0 N–H and O–H groups in total. The largest absolute Gasteiger partial charge is 0.427 e. The molecule has 6 heteroatoms. The van der Waals surface area contributed by atoms with E-state index in [2.05, 4.69) is 59.3 Å². The highest BCUT2D eigenvalue weighted by Crippen LogP contribution is 2.10. The van der Waals surface area contributed by atoms with Crippen LogP contribution in [0.1, 0.15) is 0 Å². The van der Waals surface area contributed by atoms with E-state index in [1.54, 1.807) is 0 Å². The quantitative estimate of drug-likeness (QED) is 0.584. The molecule has 2 rings (SSSR count). The Morgan fingerprint density at radius 2 is 1.10 bits per heavy atom. The minimum absolute atomic E-state index is 0.447. The summed E-state index contributed by atoms with van der Waals surface area (Å²) in [6.45, 7) is 0. The number of hydrogen-bond acceptors (Lipinski definition) is 2. The number of rotatable bonds is 5. The van der Waals surface area contributed by atoms with Gasteiger partial charge >= 0.3 is 17.3 Å². The SMILES string of the molecule is C[S+](C)[Si]c1ccc(-c2ccc([Si][S+](C)C)cn2)nc1. The smallest absolute Gasteiger partial charge is 0.255 e. The lowest BCUT2D eigenvalue weighted by Gasteiger charge is -2.02. The summed E-state index contributed by atoms with van der Waals surface area (Å²) < 4.78 is 0. The normalized spacial score (nSPS) is 11.3. The first-order valence-electron chi connectivity index (χ1n) is 6.15. The molecular weight excluding hydrogens is 316 g/mol. The van der Waals surface area contributed by atoms with Gasteiger partial charge in [0.15, 0.2) is 0 Å². The topological polar surface area (TPSA) is 25.8 Å². The summed E-state index contributed by atoms with van der Waals surface area (Å²) in [5.74, 6) is 0. The second-order valence-corrected chi connectivity index (χ2v) is 15.7. The Bertz CT molecular complexity index is 491. The van der Waals surface area contributed by atoms with Crippen molar-refractivity contribution < 1.29 is 0 Å². The van der Waals surface area contributed by atoms with Crippen LogP contribution in [-0.2, 0) is 20.7 Å². The van der Waals surface area contributed by atoms with Gasteiger partial charge in [0.1, 0.15) is 0 Å². The predicted octanol–water partition coefficient (Wildman–Crippen LogP) is 0.388. The standard InChI is InChI=1S/C14H18N2S2Si2/c1-17(2)19-11-5-7-13(15-9-11)14-8-6-12(10-16-14)20-18(3)4/h5-10H,1-4H3/q+2. The number of aromatic nitrogens is 2. The van der Waals surface area contributed by atoms with Crippen LogP contribution < -0.4 is 10.4 Å². The van der Waals surface area contributed by atoms with E-state index in [9.17, 15) is 0 Å². The minimum atomic E-state index is 0.447. The van der Waals surface area contributed by atoms with Gasteiger partial charge in [-0.05, 0) is 12.1 Å². The maximum Gasteiger partial charge on any atom is 0.427 e. The third kappa shape index (κ3) is 4.77. The fourth-order valence-corrected chi connectivity index (χ4v) is 6.72. The van der Waals surface area contributed by atoms with Gasteiger partial charge in [-0.3, -0.25) is 9.97 Å². The minimum Gasteiger partial charge on any atom is -0.255 e. The Labute approximate surface area is 131 Å². The van der Waals surface area contributed by atoms with Crippen molar-refractivity contribution in [3.05, 3.63) is 36.7 Å². The first kappa shape index (κ1) is 15.8. The van der Waals surface area contributed by atoms with Crippen molar-refractivity contribution >= 4 is 48.4 Å². The lowest BCUT2D eigenvalue weighted by atomic mass is 10.2. The summed E-state index contributed by atoms with van der Waals surface area (Å²) in [4.78, 5) is 9.09. The molecule has 0 amide bonds. The first-order valence-corrected chi connectivity index (χ1v) is 13.7. The van der Waals surface area contributed by atoms with Crippen LogP contribution in [0.2, 0.25) is 0 Å². The third-order valence-corrected chi connectivity index (χ3v) is 8.18. The van der Waals surface area contributed by atoms with Crippen molar-refractivity contribution in [2.24, 2.45) is 0 Å². The molecular formula is C14H18N2S2Si2+2. The Morgan fingerprint density at radius 3 is 1.35 bits per heavy atom. The van der Waals surface area contributed by atoms with Gasteiger partial charge < -0.3 is 0 Å². The Morgan fingerprint density at radius 1 is 0.700 bits per heavy atom. The number of hydrogen-bond donors (Lipinski definition) is 0. The summed E-state index contributed by atoms with van der Waals surface area (Å²) in [5.41, 5.74) is 1.93. The van der Waals surface area contributed by atoms with E-state index in [1.807, 2.05) is 12.4 Å². The second kappa shape index (κ2) is 7.44. The van der Waals surface area contributed by atoms with E-state index in [1.165, 1.54) is 10.4 Å². The van der Waals surface area contributed by atoms with Crippen molar-refractivity contribution in [2.45, 2.75) is 0 Å². The van der Waals surface area contributed by atoms with Gasteiger partial charge in [-0.15, -0.1) is 0 Å². The zero-order chi connectivity index (χ0) is 14.5. The van der Waals surface area contributed by atoms with Crippen LogP contribution in [0.15, 0.2) is 36.7 Å². The average Bonchev–Trinajstić information content (AvgIpc) is 2.39. The van der Waals surface area contributed by atoms with Gasteiger partial charge in [0.05, 0.1) is 36.4 Å². The average molecular weight is 335 g/mol. The lowest BCUT2D eigenvalue weighted by molar-refractivity contribution is 1.26. The maximum absolute atomic E-state index is 4.55. The lowest BCUT2D eigenvalue weighted by Crippen LogP contribution is -2.23. The molecule has 2 aromatic rings. The molecule has 0 atom stereocenters. The molecule has 0 saturated carbocycles. The molecule has 2 heterocycles. The highest BCUT2D eigenvalue weighted by atomic mass is 32.4. The van der Waals surface area contributed by atoms with Crippen molar-refractivity contribution in [1.82, 2.24) is 9.97 Å². The van der Waals surface area contributed by atoms with Crippen molar-refractivity contribution in [3.8, 4) is 11.4 Å². The van der Waals surface area contributed by atoms with Crippen molar-refractivity contribution in [3.63, 3.8) is 0 Å². The van der Waals surface area contributed by atoms with Crippen molar-refractivity contribution in [1.29, 1.82) is 0 Å². The second-order valence-electron chi connectivity index (χ2n) is 4.70. The zero-order valence-corrected chi connectivity index (χ0v) is 15.8. The maximum atomic E-state index is 4.55. The summed E-state index contributed by atoms with van der Waals surface area (Å²) in [5, 5.41) is 2.67. The molecule has 0 bridgehead atoms. The molecule has 4 radical (unpaired) electrons. The summed E-state index contributed by atoms with van der Waals surface area (Å²) in [7, 11) is 2.61. The molecule has 2 nitrogen and oxygen atoms in total. The van der Waals surface area contributed by atoms with Gasteiger partial charge in [-0.1, -0.05) is 32.8 Å². The van der Waals surface area contributed by atoms with E-state index < -0.39 is 0 Å². The highest BCUT2D eigenvalue weighted by molar-refractivity contribution is 8.20. The van der Waals surface area contributed by atoms with Gasteiger partial charge in [0.25, 0.3) is 0 Å². The summed E-state index contributed by atoms with van der Waals surface area (Å²) >= 11 is 0. The first-order chi connectivity index (χ1) is 9.54. The molecule has 0 aliphatic carbocycles. The zero-order valence-electron chi connectivity index (χ0n) is 12.2. The summed E-state index contributed by atoms with van der Waals surface area (Å²) in [6, 6.07) is 8.54. The number of pyridine rings is 2. The van der Waals surface area contributed by atoms with Gasteiger partial charge in [-0.25, -0.2) is 0 Å². The molecule has 0 unspecified atom stereocenters. The molecule has 0 aromatic carbocycles. The summed E-state index contributed by atoms with van der Waals surface area (Å²) in [6.07, 6.45) is 13.1. The van der Waals surface area contributed by atoms with E-state index in [4.69, 9.17) is 0 Å². The fourth-order valence-electron chi connectivity index (χ4n) is 1.68. The van der Waals surface area contributed by atoms with Crippen LogP contribution in [0.4, 0.5) is 0 Å². The molecule has 0 aliphatic rings. The molecule has 0 fully saturated rings.